The molecule has 1 aliphatic rings. The predicted molar refractivity (Wildman–Crippen MR) is 102 cm³/mol. The van der Waals surface area contributed by atoms with E-state index in [9.17, 15) is 9.59 Å². The fourth-order valence-corrected chi connectivity index (χ4v) is 3.35. The number of fused-ring (bicyclic) bond motifs is 1. The normalized spacial score (nSPS) is 12.6. The van der Waals surface area contributed by atoms with Crippen LogP contribution in [0.25, 0.3) is 5.82 Å². The quantitative estimate of drug-likeness (QED) is 0.684. The molecule has 2 aromatic heterocycles. The first-order valence-corrected chi connectivity index (χ1v) is 9.08. The number of ketones is 1. The summed E-state index contributed by atoms with van der Waals surface area (Å²) in [6, 6.07) is 9.49. The zero-order valence-electron chi connectivity index (χ0n) is 14.9. The summed E-state index contributed by atoms with van der Waals surface area (Å²) in [6.07, 6.45) is 10.4. The first kappa shape index (κ1) is 17.1. The molecule has 1 N–H and O–H groups in total. The third-order valence-electron chi connectivity index (χ3n) is 4.80. The van der Waals surface area contributed by atoms with Crippen LogP contribution in [-0.2, 0) is 17.6 Å². The van der Waals surface area contributed by atoms with Gasteiger partial charge in [-0.05, 0) is 48.6 Å². The van der Waals surface area contributed by atoms with Gasteiger partial charge in [-0.15, -0.1) is 0 Å². The lowest BCUT2D eigenvalue weighted by molar-refractivity contribution is -0.116. The molecule has 0 unspecified atom stereocenters. The number of hydrogen-bond donors (Lipinski definition) is 1. The summed E-state index contributed by atoms with van der Waals surface area (Å²) >= 11 is 0. The number of rotatable bonds is 6. The summed E-state index contributed by atoms with van der Waals surface area (Å²) in [5.74, 6) is 0.535. The highest BCUT2D eigenvalue weighted by Crippen LogP contribution is 2.23. The number of Topliss-reactive ketones (excluding diaryl/α,β-unsaturated/α-hetero) is 1. The van der Waals surface area contributed by atoms with Crippen LogP contribution in [0.2, 0.25) is 0 Å². The first-order valence-electron chi connectivity index (χ1n) is 9.08. The number of imidazole rings is 1. The van der Waals surface area contributed by atoms with Crippen LogP contribution in [0.3, 0.4) is 0 Å². The van der Waals surface area contributed by atoms with Gasteiger partial charge in [-0.3, -0.25) is 14.2 Å². The summed E-state index contributed by atoms with van der Waals surface area (Å²) < 4.78 is 1.78. The summed E-state index contributed by atoms with van der Waals surface area (Å²) in [7, 11) is 0. The second kappa shape index (κ2) is 7.53. The lowest BCUT2D eigenvalue weighted by Gasteiger charge is -2.07. The number of carbonyl (C=O) groups excluding carboxylic acids is 2. The van der Waals surface area contributed by atoms with E-state index in [2.05, 4.69) is 15.3 Å². The van der Waals surface area contributed by atoms with Crippen molar-refractivity contribution in [1.29, 1.82) is 0 Å². The van der Waals surface area contributed by atoms with E-state index in [4.69, 9.17) is 0 Å². The molecule has 6 nitrogen and oxygen atoms in total. The standard InChI is InChI=1S/C21H20N4O2/c26-19(17-5-4-15-2-1-3-16(15)12-17)7-9-21(27)24-18-6-8-20(23-13-18)25-11-10-22-14-25/h4-6,8,10-14H,1-3,7,9H2,(H,24,27). The fraction of sp³-hybridized carbons (Fsp3) is 0.238. The van der Waals surface area contributed by atoms with E-state index in [1.807, 2.05) is 18.2 Å². The van der Waals surface area contributed by atoms with Crippen molar-refractivity contribution in [3.63, 3.8) is 0 Å². The monoisotopic (exact) mass is 360 g/mol. The van der Waals surface area contributed by atoms with Gasteiger partial charge in [0.1, 0.15) is 12.1 Å². The minimum Gasteiger partial charge on any atom is -0.325 e. The lowest BCUT2D eigenvalue weighted by Crippen LogP contribution is -2.14. The maximum atomic E-state index is 12.4. The number of anilines is 1. The molecule has 1 aromatic carbocycles. The zero-order valence-corrected chi connectivity index (χ0v) is 14.9. The van der Waals surface area contributed by atoms with Gasteiger partial charge in [0, 0.05) is 30.8 Å². The molecular formula is C21H20N4O2. The molecule has 3 aromatic rings. The van der Waals surface area contributed by atoms with E-state index >= 15 is 0 Å². The van der Waals surface area contributed by atoms with Gasteiger partial charge in [-0.1, -0.05) is 12.1 Å². The minimum absolute atomic E-state index is 0.00781. The minimum atomic E-state index is -0.193. The molecular weight excluding hydrogens is 340 g/mol. The Bertz CT molecular complexity index is 962. The molecule has 136 valence electrons. The molecule has 27 heavy (non-hydrogen) atoms. The van der Waals surface area contributed by atoms with Crippen molar-refractivity contribution in [2.45, 2.75) is 32.1 Å². The number of hydrogen-bond acceptors (Lipinski definition) is 4. The van der Waals surface area contributed by atoms with Gasteiger partial charge < -0.3 is 5.32 Å². The maximum absolute atomic E-state index is 12.4. The second-order valence-corrected chi connectivity index (χ2v) is 6.68. The number of nitrogens with one attached hydrogen (secondary N) is 1. The van der Waals surface area contributed by atoms with Crippen molar-refractivity contribution in [2.24, 2.45) is 0 Å². The van der Waals surface area contributed by atoms with E-state index in [1.54, 1.807) is 41.6 Å². The molecule has 2 heterocycles. The third kappa shape index (κ3) is 3.95. The molecule has 0 aliphatic heterocycles. The molecule has 0 saturated carbocycles. The molecule has 0 saturated heterocycles. The predicted octanol–water partition coefficient (Wildman–Crippen LogP) is 3.36. The van der Waals surface area contributed by atoms with Crippen molar-refractivity contribution < 1.29 is 9.59 Å². The third-order valence-corrected chi connectivity index (χ3v) is 4.80. The van der Waals surface area contributed by atoms with E-state index in [-0.39, 0.29) is 24.5 Å². The van der Waals surface area contributed by atoms with Crippen molar-refractivity contribution in [3.8, 4) is 5.82 Å². The largest absolute Gasteiger partial charge is 0.325 e. The van der Waals surface area contributed by atoms with E-state index < -0.39 is 0 Å². The maximum Gasteiger partial charge on any atom is 0.224 e. The molecule has 6 heteroatoms. The molecule has 4 rings (SSSR count). The number of aryl methyl sites for hydroxylation is 2. The number of benzene rings is 1. The van der Waals surface area contributed by atoms with Crippen LogP contribution in [0, 0.1) is 0 Å². The van der Waals surface area contributed by atoms with Crippen LogP contribution in [0.4, 0.5) is 5.69 Å². The van der Waals surface area contributed by atoms with Gasteiger partial charge in [0.25, 0.3) is 0 Å². The molecule has 1 aliphatic carbocycles. The highest BCUT2D eigenvalue weighted by molar-refractivity contribution is 6.00. The summed E-state index contributed by atoms with van der Waals surface area (Å²) in [5.41, 5.74) is 3.92. The van der Waals surface area contributed by atoms with E-state index in [1.165, 1.54) is 11.1 Å². The van der Waals surface area contributed by atoms with Crippen LogP contribution in [0.5, 0.6) is 0 Å². The lowest BCUT2D eigenvalue weighted by atomic mass is 10.0. The van der Waals surface area contributed by atoms with Gasteiger partial charge in [-0.25, -0.2) is 9.97 Å². The Hall–Kier alpha value is -3.28. The van der Waals surface area contributed by atoms with E-state index in [0.717, 1.165) is 25.1 Å². The average Bonchev–Trinajstić information content (AvgIpc) is 3.38. The SMILES string of the molecule is O=C(CCC(=O)c1ccc2c(c1)CCC2)Nc1ccc(-n2ccnc2)nc1. The molecule has 0 bridgehead atoms. The highest BCUT2D eigenvalue weighted by atomic mass is 16.2. The van der Waals surface area contributed by atoms with Gasteiger partial charge >= 0.3 is 0 Å². The van der Waals surface area contributed by atoms with Crippen molar-refractivity contribution in [3.05, 3.63) is 71.9 Å². The fourth-order valence-electron chi connectivity index (χ4n) is 3.35. The summed E-state index contributed by atoms with van der Waals surface area (Å²) in [5, 5.41) is 2.78. The average molecular weight is 360 g/mol. The van der Waals surface area contributed by atoms with Crippen LogP contribution in [-0.4, -0.2) is 26.2 Å². The Morgan fingerprint density at radius 1 is 1.07 bits per heavy atom. The van der Waals surface area contributed by atoms with Crippen molar-refractivity contribution in [1.82, 2.24) is 14.5 Å². The van der Waals surface area contributed by atoms with Gasteiger partial charge in [0.15, 0.2) is 5.78 Å². The molecule has 0 atom stereocenters. The summed E-state index contributed by atoms with van der Waals surface area (Å²) in [6.45, 7) is 0. The molecule has 0 radical (unpaired) electrons. The number of nitrogens with zero attached hydrogens (tertiary/aromatic N) is 3. The van der Waals surface area contributed by atoms with E-state index in [0.29, 0.717) is 11.3 Å². The van der Waals surface area contributed by atoms with Crippen LogP contribution >= 0.6 is 0 Å². The second-order valence-electron chi connectivity index (χ2n) is 6.68. The van der Waals surface area contributed by atoms with Crippen LogP contribution in [0.15, 0.2) is 55.2 Å². The number of aromatic nitrogens is 3. The van der Waals surface area contributed by atoms with Crippen LogP contribution < -0.4 is 5.32 Å². The van der Waals surface area contributed by atoms with Crippen molar-refractivity contribution >= 4 is 17.4 Å². The van der Waals surface area contributed by atoms with Crippen LogP contribution in [0.1, 0.15) is 40.7 Å². The highest BCUT2D eigenvalue weighted by Gasteiger charge is 2.15. The number of carbonyl (C=O) groups is 2. The molecule has 1 amide bonds. The number of amides is 1. The molecule has 0 fully saturated rings. The van der Waals surface area contributed by atoms with Gasteiger partial charge in [-0.2, -0.15) is 0 Å². The molecule has 0 spiro atoms. The number of pyridine rings is 1. The summed E-state index contributed by atoms with van der Waals surface area (Å²) in [4.78, 5) is 32.8. The Morgan fingerprint density at radius 3 is 2.74 bits per heavy atom. The Balaban J connectivity index is 1.31. The topological polar surface area (TPSA) is 76.9 Å². The van der Waals surface area contributed by atoms with Gasteiger partial charge in [0.05, 0.1) is 11.9 Å². The smallest absolute Gasteiger partial charge is 0.224 e. The Labute approximate surface area is 157 Å². The zero-order chi connectivity index (χ0) is 18.6. The first-order chi connectivity index (χ1) is 13.2. The van der Waals surface area contributed by atoms with Gasteiger partial charge in [0.2, 0.25) is 5.91 Å². The Morgan fingerprint density at radius 2 is 1.96 bits per heavy atom. The van der Waals surface area contributed by atoms with Crippen molar-refractivity contribution in [2.75, 3.05) is 5.32 Å². The Kier molecular flexibility index (Phi) is 4.78.